The molecule has 5 nitrogen and oxygen atoms in total. The first-order valence-corrected chi connectivity index (χ1v) is 14.2. The van der Waals surface area contributed by atoms with Crippen LogP contribution in [0.5, 0.6) is 0 Å². The molecule has 1 aliphatic heterocycles. The highest BCUT2D eigenvalue weighted by molar-refractivity contribution is 7.97. The third-order valence-corrected chi connectivity index (χ3v) is 8.70. The van der Waals surface area contributed by atoms with Crippen LogP contribution in [0, 0.1) is 5.92 Å². The molecule has 2 aliphatic rings. The van der Waals surface area contributed by atoms with E-state index >= 15 is 0 Å². The molecule has 2 N–H and O–H groups in total. The van der Waals surface area contributed by atoms with Crippen LogP contribution in [0.25, 0.3) is 10.2 Å². The number of benzene rings is 1. The zero-order chi connectivity index (χ0) is 22.3. The summed E-state index contributed by atoms with van der Waals surface area (Å²) in [4.78, 5) is 8.96. The van der Waals surface area contributed by atoms with Gasteiger partial charge in [-0.1, -0.05) is 38.0 Å². The average molecular weight is 476 g/mol. The summed E-state index contributed by atoms with van der Waals surface area (Å²) in [5, 5.41) is 8.12. The first-order valence-electron chi connectivity index (χ1n) is 12.6. The van der Waals surface area contributed by atoms with Gasteiger partial charge in [-0.3, -0.25) is 0 Å². The molecule has 2 fully saturated rings. The standard InChI is InChI=1S/C25H41N5S2/c1-19(2)18-30(14-6-13-26-3)32-22-9-10-23-24(17-22)31-25(28-23)27-20-11-15-29(16-12-20)21-7-4-5-8-21/h9-10,17,19-21,26H,4-8,11-16,18H2,1-3H3,(H,27,28). The van der Waals surface area contributed by atoms with E-state index in [9.17, 15) is 0 Å². The van der Waals surface area contributed by atoms with Crippen molar-refractivity contribution < 1.29 is 0 Å². The number of hydrogen-bond acceptors (Lipinski definition) is 7. The number of rotatable bonds is 11. The third-order valence-electron chi connectivity index (χ3n) is 6.70. The molecule has 1 saturated heterocycles. The van der Waals surface area contributed by atoms with Crippen molar-refractivity contribution in [3.63, 3.8) is 0 Å². The van der Waals surface area contributed by atoms with Crippen LogP contribution < -0.4 is 10.6 Å². The highest BCUT2D eigenvalue weighted by Gasteiger charge is 2.27. The molecule has 0 radical (unpaired) electrons. The van der Waals surface area contributed by atoms with Crippen molar-refractivity contribution >= 4 is 38.6 Å². The van der Waals surface area contributed by atoms with E-state index in [0.29, 0.717) is 12.0 Å². The molecule has 1 aliphatic carbocycles. The first-order chi connectivity index (χ1) is 15.6. The molecular formula is C25H41N5S2. The minimum absolute atomic E-state index is 0.566. The zero-order valence-corrected chi connectivity index (χ0v) is 21.7. The number of likely N-dealkylation sites (tertiary alicyclic amines) is 1. The highest BCUT2D eigenvalue weighted by Crippen LogP contribution is 2.33. The molecule has 32 heavy (non-hydrogen) atoms. The van der Waals surface area contributed by atoms with Gasteiger partial charge in [0.25, 0.3) is 0 Å². The molecule has 7 heteroatoms. The van der Waals surface area contributed by atoms with E-state index in [1.54, 1.807) is 0 Å². The molecule has 0 spiro atoms. The fourth-order valence-corrected chi connectivity index (χ4v) is 7.29. The molecule has 0 amide bonds. The number of aromatic nitrogens is 1. The maximum Gasteiger partial charge on any atom is 0.184 e. The van der Waals surface area contributed by atoms with Gasteiger partial charge in [-0.2, -0.15) is 0 Å². The van der Waals surface area contributed by atoms with Crippen LogP contribution in [-0.4, -0.2) is 66.0 Å². The van der Waals surface area contributed by atoms with Gasteiger partial charge in [-0.05, 0) is 81.8 Å². The van der Waals surface area contributed by atoms with Crippen molar-refractivity contribution in [1.82, 2.24) is 19.5 Å². The van der Waals surface area contributed by atoms with E-state index in [4.69, 9.17) is 4.98 Å². The Hall–Kier alpha value is -0.860. The average Bonchev–Trinajstić information content (AvgIpc) is 3.43. The Balaban J connectivity index is 1.33. The van der Waals surface area contributed by atoms with Gasteiger partial charge in [0.2, 0.25) is 0 Å². The summed E-state index contributed by atoms with van der Waals surface area (Å²) in [5.41, 5.74) is 1.12. The van der Waals surface area contributed by atoms with Crippen LogP contribution in [0.3, 0.4) is 0 Å². The second-order valence-corrected chi connectivity index (χ2v) is 12.1. The molecule has 1 saturated carbocycles. The molecule has 2 aromatic rings. The van der Waals surface area contributed by atoms with Gasteiger partial charge in [-0.25, -0.2) is 9.29 Å². The van der Waals surface area contributed by atoms with Crippen LogP contribution in [-0.2, 0) is 0 Å². The predicted molar refractivity (Wildman–Crippen MR) is 141 cm³/mol. The summed E-state index contributed by atoms with van der Waals surface area (Å²) in [6.45, 7) is 10.4. The fourth-order valence-electron chi connectivity index (χ4n) is 5.04. The highest BCUT2D eigenvalue weighted by atomic mass is 32.2. The van der Waals surface area contributed by atoms with Crippen molar-refractivity contribution in [2.45, 2.75) is 75.8 Å². The number of nitrogens with one attached hydrogen (secondary N) is 2. The second-order valence-electron chi connectivity index (χ2n) is 9.87. The molecule has 0 bridgehead atoms. The van der Waals surface area contributed by atoms with Gasteiger partial charge in [-0.15, -0.1) is 0 Å². The Kier molecular flexibility index (Phi) is 9.12. The minimum atomic E-state index is 0.566. The van der Waals surface area contributed by atoms with E-state index < -0.39 is 0 Å². The number of fused-ring (bicyclic) bond motifs is 1. The lowest BCUT2D eigenvalue weighted by Gasteiger charge is -2.36. The van der Waals surface area contributed by atoms with Crippen molar-refractivity contribution in [3.05, 3.63) is 18.2 Å². The molecule has 1 aromatic carbocycles. The Bertz CT molecular complexity index is 825. The van der Waals surface area contributed by atoms with Crippen LogP contribution in [0.15, 0.2) is 23.1 Å². The van der Waals surface area contributed by atoms with E-state index in [0.717, 1.165) is 36.3 Å². The molecule has 0 unspecified atom stereocenters. The van der Waals surface area contributed by atoms with Gasteiger partial charge in [0.05, 0.1) is 10.2 Å². The van der Waals surface area contributed by atoms with Crippen molar-refractivity contribution in [3.8, 4) is 0 Å². The quantitative estimate of drug-likeness (QED) is 0.321. The topological polar surface area (TPSA) is 43.4 Å². The lowest BCUT2D eigenvalue weighted by Crippen LogP contribution is -2.43. The van der Waals surface area contributed by atoms with Gasteiger partial charge in [0, 0.05) is 43.2 Å². The van der Waals surface area contributed by atoms with Crippen molar-refractivity contribution in [1.29, 1.82) is 0 Å². The van der Waals surface area contributed by atoms with Gasteiger partial charge < -0.3 is 15.5 Å². The Labute approximate surface area is 202 Å². The van der Waals surface area contributed by atoms with Crippen molar-refractivity contribution in [2.75, 3.05) is 45.1 Å². The monoisotopic (exact) mass is 475 g/mol. The smallest absolute Gasteiger partial charge is 0.184 e. The predicted octanol–water partition coefficient (Wildman–Crippen LogP) is 5.69. The zero-order valence-electron chi connectivity index (χ0n) is 20.1. The summed E-state index contributed by atoms with van der Waals surface area (Å²) in [7, 11) is 2.03. The number of piperidine rings is 1. The lowest BCUT2D eigenvalue weighted by molar-refractivity contribution is 0.159. The van der Waals surface area contributed by atoms with E-state index in [-0.39, 0.29) is 0 Å². The molecular weight excluding hydrogens is 434 g/mol. The van der Waals surface area contributed by atoms with E-state index in [1.165, 1.54) is 67.6 Å². The number of nitrogens with zero attached hydrogens (tertiary/aromatic N) is 3. The Morgan fingerprint density at radius 1 is 1.19 bits per heavy atom. The maximum absolute atomic E-state index is 4.90. The summed E-state index contributed by atoms with van der Waals surface area (Å²) in [5.74, 6) is 0.667. The van der Waals surface area contributed by atoms with Crippen LogP contribution in [0.1, 0.15) is 58.8 Å². The largest absolute Gasteiger partial charge is 0.359 e. The molecule has 4 rings (SSSR count). The van der Waals surface area contributed by atoms with Crippen LogP contribution >= 0.6 is 23.3 Å². The molecule has 2 heterocycles. The Morgan fingerprint density at radius 3 is 2.69 bits per heavy atom. The summed E-state index contributed by atoms with van der Waals surface area (Å²) < 4.78 is 3.81. The molecule has 1 aromatic heterocycles. The summed E-state index contributed by atoms with van der Waals surface area (Å²) in [6, 6.07) is 8.20. The normalized spacial score (nSPS) is 19.0. The minimum Gasteiger partial charge on any atom is -0.359 e. The van der Waals surface area contributed by atoms with Gasteiger partial charge in [0.15, 0.2) is 5.13 Å². The van der Waals surface area contributed by atoms with E-state index in [1.807, 2.05) is 30.3 Å². The third kappa shape index (κ3) is 6.83. The first kappa shape index (κ1) is 24.3. The maximum atomic E-state index is 4.90. The summed E-state index contributed by atoms with van der Waals surface area (Å²) >= 11 is 3.71. The fraction of sp³-hybridized carbons (Fsp3) is 0.720. The van der Waals surface area contributed by atoms with Crippen LogP contribution in [0.2, 0.25) is 0 Å². The van der Waals surface area contributed by atoms with Gasteiger partial charge >= 0.3 is 0 Å². The summed E-state index contributed by atoms with van der Waals surface area (Å²) in [6.07, 6.45) is 9.35. The van der Waals surface area contributed by atoms with E-state index in [2.05, 4.69) is 51.9 Å². The second kappa shape index (κ2) is 12.0. The molecule has 0 atom stereocenters. The SMILES string of the molecule is CNCCCN(CC(C)C)Sc1ccc2nc(NC3CCN(C4CCCC4)CC3)sc2c1. The van der Waals surface area contributed by atoms with Crippen molar-refractivity contribution in [2.24, 2.45) is 5.92 Å². The lowest BCUT2D eigenvalue weighted by atomic mass is 10.0. The van der Waals surface area contributed by atoms with Gasteiger partial charge in [0.1, 0.15) is 0 Å². The Morgan fingerprint density at radius 2 is 1.97 bits per heavy atom. The number of anilines is 1. The van der Waals surface area contributed by atoms with Crippen LogP contribution in [0.4, 0.5) is 5.13 Å². The number of hydrogen-bond donors (Lipinski definition) is 2. The number of thiazole rings is 1. The molecule has 178 valence electrons.